The highest BCUT2D eigenvalue weighted by Gasteiger charge is 2.01. The van der Waals surface area contributed by atoms with Crippen molar-refractivity contribution in [2.45, 2.75) is 128 Å². The van der Waals surface area contributed by atoms with Crippen molar-refractivity contribution in [2.75, 3.05) is 26.2 Å². The van der Waals surface area contributed by atoms with Crippen molar-refractivity contribution in [3.63, 3.8) is 0 Å². The van der Waals surface area contributed by atoms with Gasteiger partial charge in [-0.25, -0.2) is 19.0 Å². The molecule has 0 aromatic rings. The second-order valence-electron chi connectivity index (χ2n) is 10.1. The quantitative estimate of drug-likeness (QED) is 0.290. The molecule has 0 amide bonds. The molecule has 0 atom stereocenters. The van der Waals surface area contributed by atoms with E-state index in [1.54, 1.807) is 24.9 Å². The van der Waals surface area contributed by atoms with Crippen LogP contribution in [0.2, 0.25) is 0 Å². The maximum Gasteiger partial charge on any atom is 0.153 e. The zero-order valence-corrected chi connectivity index (χ0v) is 22.7. The summed E-state index contributed by atoms with van der Waals surface area (Å²) in [6.07, 6.45) is 25.9. The Kier molecular flexibility index (Phi) is 20.6. The molecule has 208 valence electrons. The number of hydrogen-bond acceptors (Lipinski definition) is 4. The lowest BCUT2D eigenvalue weighted by atomic mass is 10.1. The van der Waals surface area contributed by atoms with Crippen LogP contribution in [0.1, 0.15) is 128 Å². The Morgan fingerprint density at radius 3 is 0.694 bits per heavy atom. The highest BCUT2D eigenvalue weighted by Crippen LogP contribution is 2.06. The highest BCUT2D eigenvalue weighted by molar-refractivity contribution is 5.52. The second-order valence-corrected chi connectivity index (χ2v) is 10.1. The van der Waals surface area contributed by atoms with Crippen LogP contribution in [0.3, 0.4) is 0 Å². The fourth-order valence-electron chi connectivity index (χ4n) is 4.37. The molecule has 1 aliphatic heterocycles. The predicted molar refractivity (Wildman–Crippen MR) is 151 cm³/mol. The van der Waals surface area contributed by atoms with E-state index in [1.807, 2.05) is 0 Å². The molecule has 0 aromatic carbocycles. The van der Waals surface area contributed by atoms with Gasteiger partial charge in [-0.15, -0.1) is 0 Å². The predicted octanol–water partition coefficient (Wildman–Crippen LogP) is 6.13. The van der Waals surface area contributed by atoms with Crippen LogP contribution in [0.15, 0.2) is 0 Å². The van der Waals surface area contributed by atoms with Crippen LogP contribution >= 0.6 is 0 Å². The van der Waals surface area contributed by atoms with E-state index in [0.29, 0.717) is 26.2 Å². The van der Waals surface area contributed by atoms with Gasteiger partial charge in [0.05, 0.1) is 0 Å². The molecule has 36 heavy (non-hydrogen) atoms. The molecular formula is C28H52N4O4. The summed E-state index contributed by atoms with van der Waals surface area (Å²) < 4.78 is 4.27. The van der Waals surface area contributed by atoms with Crippen molar-refractivity contribution in [3.05, 3.63) is 20.8 Å². The summed E-state index contributed by atoms with van der Waals surface area (Å²) in [7, 11) is 0. The third-order valence-electron chi connectivity index (χ3n) is 6.66. The normalized spacial score (nSPS) is 22.0. The maximum absolute atomic E-state index is 11.9. The molecular weight excluding hydrogens is 456 g/mol. The van der Waals surface area contributed by atoms with Crippen molar-refractivity contribution < 1.29 is 19.0 Å². The average molecular weight is 509 g/mol. The fourth-order valence-corrected chi connectivity index (χ4v) is 4.37. The molecule has 0 fully saturated rings. The Morgan fingerprint density at radius 2 is 0.472 bits per heavy atom. The lowest BCUT2D eigenvalue weighted by Gasteiger charge is -2.06. The van der Waals surface area contributed by atoms with Gasteiger partial charge in [0, 0.05) is 51.4 Å². The zero-order valence-electron chi connectivity index (χ0n) is 22.7. The van der Waals surface area contributed by atoms with E-state index in [4.69, 9.17) is 0 Å². The summed E-state index contributed by atoms with van der Waals surface area (Å²) in [4.78, 5) is 0. The first-order valence-corrected chi connectivity index (χ1v) is 14.7. The third-order valence-corrected chi connectivity index (χ3v) is 6.66. The van der Waals surface area contributed by atoms with Crippen LogP contribution in [0, 0.1) is 20.8 Å². The van der Waals surface area contributed by atoms with E-state index in [-0.39, 0.29) is 0 Å². The molecule has 0 unspecified atom stereocenters. The molecule has 1 aliphatic rings. The lowest BCUT2D eigenvalue weighted by molar-refractivity contribution is -0.454. The Balaban J connectivity index is 2.35. The van der Waals surface area contributed by atoms with Gasteiger partial charge in [-0.05, 0) is 51.4 Å². The molecule has 0 aromatic heterocycles. The van der Waals surface area contributed by atoms with Crippen LogP contribution in [0.4, 0.5) is 0 Å². The standard InChI is InChI=1S/C28H52N4O4/c33-29-21-13-5-1-6-14-22-30(34)24-16-8-3-10-18-26-32(36)28-20-12-4-11-19-27-31(35)25-17-9-2-7-15-23-29/h21,24-25,28H,1-20,22-23,26-27H2. The van der Waals surface area contributed by atoms with Crippen molar-refractivity contribution in [1.82, 2.24) is 0 Å². The molecule has 1 heterocycles. The highest BCUT2D eigenvalue weighted by atomic mass is 16.5. The minimum Gasteiger partial charge on any atom is -0.624 e. The van der Waals surface area contributed by atoms with E-state index < -0.39 is 0 Å². The molecule has 0 bridgehead atoms. The van der Waals surface area contributed by atoms with Crippen molar-refractivity contribution >= 4 is 24.9 Å². The fraction of sp³-hybridized carbons (Fsp3) is 0.857. The number of nitrogens with zero attached hydrogens (tertiary/aromatic N) is 4. The van der Waals surface area contributed by atoms with Crippen molar-refractivity contribution in [3.8, 4) is 0 Å². The maximum atomic E-state index is 11.9. The number of hydroxylamine groups is 4. The first-order valence-electron chi connectivity index (χ1n) is 14.7. The smallest absolute Gasteiger partial charge is 0.153 e. The first-order chi connectivity index (χ1) is 17.6. The Labute approximate surface area is 219 Å². The average Bonchev–Trinajstić information content (AvgIpc) is 2.85. The molecule has 1 rings (SSSR count). The van der Waals surface area contributed by atoms with E-state index in [9.17, 15) is 20.8 Å². The summed E-state index contributed by atoms with van der Waals surface area (Å²) in [6, 6.07) is 0. The molecule has 0 N–H and O–H groups in total. The Hall–Kier alpha value is -2.12. The summed E-state index contributed by atoms with van der Waals surface area (Å²) >= 11 is 0. The van der Waals surface area contributed by atoms with Gasteiger partial charge in [0.15, 0.2) is 51.0 Å². The van der Waals surface area contributed by atoms with Crippen LogP contribution in [0.5, 0.6) is 0 Å². The topological polar surface area (TPSA) is 104 Å². The zero-order chi connectivity index (χ0) is 26.1. The van der Waals surface area contributed by atoms with Gasteiger partial charge >= 0.3 is 0 Å². The van der Waals surface area contributed by atoms with Gasteiger partial charge in [0.1, 0.15) is 0 Å². The summed E-state index contributed by atoms with van der Waals surface area (Å²) in [5.41, 5.74) is 0. The molecule has 8 heteroatoms. The molecule has 0 saturated carbocycles. The Bertz CT molecular complexity index is 550. The van der Waals surface area contributed by atoms with Crippen LogP contribution < -0.4 is 0 Å². The largest absolute Gasteiger partial charge is 0.624 e. The van der Waals surface area contributed by atoms with Gasteiger partial charge in [-0.1, -0.05) is 25.7 Å². The van der Waals surface area contributed by atoms with Crippen molar-refractivity contribution in [1.29, 1.82) is 0 Å². The van der Waals surface area contributed by atoms with E-state index >= 15 is 0 Å². The lowest BCUT2D eigenvalue weighted by Crippen LogP contribution is -2.08. The van der Waals surface area contributed by atoms with Crippen LogP contribution in [0.25, 0.3) is 0 Å². The third kappa shape index (κ3) is 21.2. The molecule has 0 saturated heterocycles. The minimum atomic E-state index is 0.545. The molecule has 8 nitrogen and oxygen atoms in total. The van der Waals surface area contributed by atoms with Gasteiger partial charge in [-0.3, -0.25) is 0 Å². The number of rotatable bonds is 0. The number of hydrogen-bond donors (Lipinski definition) is 0. The summed E-state index contributed by atoms with van der Waals surface area (Å²) in [5, 5.41) is 47.6. The van der Waals surface area contributed by atoms with Crippen molar-refractivity contribution in [2.24, 2.45) is 0 Å². The molecule has 0 aliphatic carbocycles. The minimum absolute atomic E-state index is 0.545. The SMILES string of the molecule is [O-][N+]1=CCCCCCC[N+]([O-])=CCCCCCC[N+]([O-])=CCCCCCC[N+]([O-])=CCCCCCC1. The first kappa shape index (κ1) is 31.9. The van der Waals surface area contributed by atoms with Gasteiger partial charge < -0.3 is 20.8 Å². The van der Waals surface area contributed by atoms with Gasteiger partial charge in [0.25, 0.3) is 0 Å². The summed E-state index contributed by atoms with van der Waals surface area (Å²) in [6.45, 7) is 2.18. The summed E-state index contributed by atoms with van der Waals surface area (Å²) in [5.74, 6) is 0. The van der Waals surface area contributed by atoms with E-state index in [1.165, 1.54) is 0 Å². The second kappa shape index (κ2) is 23.3. The van der Waals surface area contributed by atoms with Gasteiger partial charge in [-0.2, -0.15) is 0 Å². The molecule has 0 spiro atoms. The van der Waals surface area contributed by atoms with E-state index in [2.05, 4.69) is 0 Å². The molecule has 0 radical (unpaired) electrons. The monoisotopic (exact) mass is 508 g/mol. The van der Waals surface area contributed by atoms with Crippen LogP contribution in [-0.2, 0) is 0 Å². The van der Waals surface area contributed by atoms with Crippen LogP contribution in [-0.4, -0.2) is 70.0 Å². The Morgan fingerprint density at radius 1 is 0.278 bits per heavy atom. The van der Waals surface area contributed by atoms with Gasteiger partial charge in [0.2, 0.25) is 0 Å². The van der Waals surface area contributed by atoms with E-state index in [0.717, 1.165) is 147 Å².